The molecule has 0 aliphatic carbocycles. The van der Waals surface area contributed by atoms with Gasteiger partial charge in [-0.2, -0.15) is 0 Å². The molecule has 3 aromatic rings. The molecule has 0 aliphatic heterocycles. The molecule has 0 fully saturated rings. The van der Waals surface area contributed by atoms with Gasteiger partial charge in [-0.05, 0) is 55.7 Å². The van der Waals surface area contributed by atoms with Gasteiger partial charge in [0.15, 0.2) is 0 Å². The fraction of sp³-hybridized carbons (Fsp3) is 0.300. The average molecular weight is 354 g/mol. The SMILES string of the molecule is CCOc1ccc(C(=O)c2sc3nc(CC(C)C)ccc3c2N)cc1. The Labute approximate surface area is 151 Å². The molecule has 2 aromatic heterocycles. The molecule has 4 nitrogen and oxygen atoms in total. The Bertz CT molecular complexity index is 898. The number of hydrogen-bond acceptors (Lipinski definition) is 5. The fourth-order valence-electron chi connectivity index (χ4n) is 2.74. The first-order valence-electron chi connectivity index (χ1n) is 8.45. The first-order valence-corrected chi connectivity index (χ1v) is 9.26. The van der Waals surface area contributed by atoms with Crippen LogP contribution in [0.2, 0.25) is 0 Å². The second-order valence-corrected chi connectivity index (χ2v) is 7.38. The van der Waals surface area contributed by atoms with E-state index in [1.54, 1.807) is 24.3 Å². The lowest BCUT2D eigenvalue weighted by atomic mass is 10.1. The van der Waals surface area contributed by atoms with Crippen LogP contribution in [0.5, 0.6) is 5.75 Å². The van der Waals surface area contributed by atoms with Gasteiger partial charge in [0, 0.05) is 16.6 Å². The maximum atomic E-state index is 12.8. The van der Waals surface area contributed by atoms with Gasteiger partial charge < -0.3 is 10.5 Å². The highest BCUT2D eigenvalue weighted by Crippen LogP contribution is 2.34. The van der Waals surface area contributed by atoms with E-state index in [-0.39, 0.29) is 5.78 Å². The molecular formula is C20H22N2O2S. The molecule has 0 amide bonds. The van der Waals surface area contributed by atoms with Gasteiger partial charge in [-0.15, -0.1) is 11.3 Å². The molecule has 25 heavy (non-hydrogen) atoms. The van der Waals surface area contributed by atoms with Crippen LogP contribution >= 0.6 is 11.3 Å². The van der Waals surface area contributed by atoms with E-state index in [2.05, 4.69) is 18.8 Å². The van der Waals surface area contributed by atoms with Crippen LogP contribution in [0.1, 0.15) is 41.7 Å². The lowest BCUT2D eigenvalue weighted by Crippen LogP contribution is -2.02. The van der Waals surface area contributed by atoms with Crippen molar-refractivity contribution in [3.05, 3.63) is 52.5 Å². The normalized spacial score (nSPS) is 11.2. The van der Waals surface area contributed by atoms with Crippen LogP contribution in [-0.2, 0) is 6.42 Å². The Morgan fingerprint density at radius 1 is 1.20 bits per heavy atom. The largest absolute Gasteiger partial charge is 0.494 e. The van der Waals surface area contributed by atoms with Gasteiger partial charge in [0.2, 0.25) is 5.78 Å². The summed E-state index contributed by atoms with van der Waals surface area (Å²) in [4.78, 5) is 18.9. The van der Waals surface area contributed by atoms with E-state index in [4.69, 9.17) is 10.5 Å². The molecule has 1 aromatic carbocycles. The summed E-state index contributed by atoms with van der Waals surface area (Å²) in [7, 11) is 0. The van der Waals surface area contributed by atoms with E-state index in [0.717, 1.165) is 28.1 Å². The molecule has 3 rings (SSSR count). The maximum absolute atomic E-state index is 12.8. The molecule has 5 heteroatoms. The Morgan fingerprint density at radius 2 is 1.92 bits per heavy atom. The van der Waals surface area contributed by atoms with E-state index in [1.165, 1.54) is 11.3 Å². The van der Waals surface area contributed by atoms with Gasteiger partial charge >= 0.3 is 0 Å². The summed E-state index contributed by atoms with van der Waals surface area (Å²) in [5.41, 5.74) is 8.38. The number of thiophene rings is 1. The van der Waals surface area contributed by atoms with Crippen LogP contribution in [0, 0.1) is 5.92 Å². The second-order valence-electron chi connectivity index (χ2n) is 6.38. The molecule has 0 radical (unpaired) electrons. The van der Waals surface area contributed by atoms with Crippen molar-refractivity contribution in [2.45, 2.75) is 27.2 Å². The molecular weight excluding hydrogens is 332 g/mol. The minimum atomic E-state index is -0.0750. The number of nitrogens with two attached hydrogens (primary N) is 1. The van der Waals surface area contributed by atoms with Crippen molar-refractivity contribution in [1.29, 1.82) is 0 Å². The zero-order chi connectivity index (χ0) is 18.0. The third-order valence-corrected chi connectivity index (χ3v) is 5.02. The van der Waals surface area contributed by atoms with Gasteiger partial charge in [-0.1, -0.05) is 13.8 Å². The van der Waals surface area contributed by atoms with Crippen molar-refractivity contribution >= 4 is 33.0 Å². The molecule has 130 valence electrons. The van der Waals surface area contributed by atoms with Crippen molar-refractivity contribution < 1.29 is 9.53 Å². The molecule has 2 heterocycles. The van der Waals surface area contributed by atoms with Crippen LogP contribution < -0.4 is 10.5 Å². The summed E-state index contributed by atoms with van der Waals surface area (Å²) in [5.74, 6) is 1.21. The number of nitrogen functional groups attached to an aromatic ring is 1. The summed E-state index contributed by atoms with van der Waals surface area (Å²) >= 11 is 1.37. The number of benzene rings is 1. The van der Waals surface area contributed by atoms with Crippen molar-refractivity contribution in [2.75, 3.05) is 12.3 Å². The predicted octanol–water partition coefficient (Wildman–Crippen LogP) is 4.71. The lowest BCUT2D eigenvalue weighted by molar-refractivity contribution is 0.104. The molecule has 2 N–H and O–H groups in total. The quantitative estimate of drug-likeness (QED) is 0.651. The number of carbonyl (C=O) groups excluding carboxylic acids is 1. The number of fused-ring (bicyclic) bond motifs is 1. The van der Waals surface area contributed by atoms with Crippen LogP contribution in [0.25, 0.3) is 10.2 Å². The van der Waals surface area contributed by atoms with Gasteiger partial charge in [-0.3, -0.25) is 4.79 Å². The molecule has 0 aliphatic rings. The summed E-state index contributed by atoms with van der Waals surface area (Å²) in [6, 6.07) is 11.1. The summed E-state index contributed by atoms with van der Waals surface area (Å²) < 4.78 is 5.42. The Kier molecular flexibility index (Phi) is 5.04. The smallest absolute Gasteiger partial charge is 0.205 e. The van der Waals surface area contributed by atoms with E-state index in [9.17, 15) is 4.79 Å². The minimum Gasteiger partial charge on any atom is -0.494 e. The Balaban J connectivity index is 1.94. The standard InChI is InChI=1S/C20H22N2O2S/c1-4-24-15-8-5-13(6-9-15)18(23)19-17(21)16-10-7-14(11-12(2)3)22-20(16)25-19/h5-10,12H,4,11,21H2,1-3H3. The molecule has 0 saturated carbocycles. The van der Waals surface area contributed by atoms with Crippen LogP contribution in [0.3, 0.4) is 0 Å². The maximum Gasteiger partial charge on any atom is 0.205 e. The molecule has 0 spiro atoms. The highest BCUT2D eigenvalue weighted by atomic mass is 32.1. The average Bonchev–Trinajstić information content (AvgIpc) is 2.91. The monoisotopic (exact) mass is 354 g/mol. The third-order valence-electron chi connectivity index (χ3n) is 3.90. The molecule has 0 saturated heterocycles. The van der Waals surface area contributed by atoms with Gasteiger partial charge in [0.25, 0.3) is 0 Å². The zero-order valence-electron chi connectivity index (χ0n) is 14.7. The molecule has 0 unspecified atom stereocenters. The number of hydrogen-bond donors (Lipinski definition) is 1. The van der Waals surface area contributed by atoms with Crippen molar-refractivity contribution in [3.8, 4) is 5.75 Å². The predicted molar refractivity (Wildman–Crippen MR) is 104 cm³/mol. The number of ketones is 1. The topological polar surface area (TPSA) is 65.2 Å². The Hall–Kier alpha value is -2.40. The highest BCUT2D eigenvalue weighted by Gasteiger charge is 2.19. The van der Waals surface area contributed by atoms with E-state index in [1.807, 2.05) is 19.1 Å². The van der Waals surface area contributed by atoms with Gasteiger partial charge in [0.05, 0.1) is 12.3 Å². The highest BCUT2D eigenvalue weighted by molar-refractivity contribution is 7.21. The summed E-state index contributed by atoms with van der Waals surface area (Å²) in [6.07, 6.45) is 0.913. The van der Waals surface area contributed by atoms with Crippen molar-refractivity contribution in [1.82, 2.24) is 4.98 Å². The van der Waals surface area contributed by atoms with Gasteiger partial charge in [0.1, 0.15) is 15.5 Å². The van der Waals surface area contributed by atoms with Crippen molar-refractivity contribution in [2.24, 2.45) is 5.92 Å². The number of ether oxygens (including phenoxy) is 1. The van der Waals surface area contributed by atoms with Crippen molar-refractivity contribution in [3.63, 3.8) is 0 Å². The summed E-state index contributed by atoms with van der Waals surface area (Å²) in [5, 5.41) is 0.854. The third kappa shape index (κ3) is 3.66. The number of pyridine rings is 1. The van der Waals surface area contributed by atoms with Gasteiger partial charge in [-0.25, -0.2) is 4.98 Å². The van der Waals surface area contributed by atoms with Crippen LogP contribution in [-0.4, -0.2) is 17.4 Å². The zero-order valence-corrected chi connectivity index (χ0v) is 15.5. The van der Waals surface area contributed by atoms with E-state index < -0.39 is 0 Å². The second kappa shape index (κ2) is 7.23. The Morgan fingerprint density at radius 3 is 2.56 bits per heavy atom. The van der Waals surface area contributed by atoms with E-state index in [0.29, 0.717) is 28.7 Å². The summed E-state index contributed by atoms with van der Waals surface area (Å²) in [6.45, 7) is 6.85. The first-order chi connectivity index (χ1) is 12.0. The number of carbonyl (C=O) groups is 1. The molecule has 0 bridgehead atoms. The number of nitrogens with zero attached hydrogens (tertiary/aromatic N) is 1. The lowest BCUT2D eigenvalue weighted by Gasteiger charge is -2.04. The first kappa shape index (κ1) is 17.4. The minimum absolute atomic E-state index is 0.0750. The number of anilines is 1. The van der Waals surface area contributed by atoms with Crippen LogP contribution in [0.15, 0.2) is 36.4 Å². The van der Waals surface area contributed by atoms with Crippen LogP contribution in [0.4, 0.5) is 5.69 Å². The number of rotatable bonds is 6. The number of aromatic nitrogens is 1. The van der Waals surface area contributed by atoms with E-state index >= 15 is 0 Å². The fourth-order valence-corrected chi connectivity index (χ4v) is 3.81. The molecule has 0 atom stereocenters.